The standard InChI is InChI=1S/C19H17BrN2O4S2/c1-14-2-10-18(11-3-14)27(23,24)22-17-8-12-19(13-9-17)28(25,26)21-16-6-4-15(20)5-7-16/h2-13,21-22H,1H3. The van der Waals surface area contributed by atoms with Crippen LogP contribution in [0.2, 0.25) is 0 Å². The van der Waals surface area contributed by atoms with Crippen LogP contribution in [-0.2, 0) is 20.0 Å². The number of hydrogen-bond donors (Lipinski definition) is 2. The largest absolute Gasteiger partial charge is 0.280 e. The summed E-state index contributed by atoms with van der Waals surface area (Å²) in [5, 5.41) is 0. The Hall–Kier alpha value is -2.36. The van der Waals surface area contributed by atoms with Gasteiger partial charge in [0.25, 0.3) is 20.0 Å². The highest BCUT2D eigenvalue weighted by atomic mass is 79.9. The smallest absolute Gasteiger partial charge is 0.261 e. The van der Waals surface area contributed by atoms with Crippen LogP contribution in [-0.4, -0.2) is 16.8 Å². The first kappa shape index (κ1) is 20.4. The highest BCUT2D eigenvalue weighted by Crippen LogP contribution is 2.21. The van der Waals surface area contributed by atoms with Crippen LogP contribution in [0.4, 0.5) is 11.4 Å². The third-order valence-corrected chi connectivity index (χ3v) is 7.17. The third kappa shape index (κ3) is 4.92. The van der Waals surface area contributed by atoms with Gasteiger partial charge in [-0.05, 0) is 67.6 Å². The molecule has 6 nitrogen and oxygen atoms in total. The number of aryl methyl sites for hydroxylation is 1. The van der Waals surface area contributed by atoms with Gasteiger partial charge in [-0.2, -0.15) is 0 Å². The zero-order valence-corrected chi connectivity index (χ0v) is 18.0. The van der Waals surface area contributed by atoms with E-state index in [9.17, 15) is 16.8 Å². The van der Waals surface area contributed by atoms with Gasteiger partial charge in [-0.25, -0.2) is 16.8 Å². The van der Waals surface area contributed by atoms with Crippen molar-refractivity contribution >= 4 is 47.4 Å². The van der Waals surface area contributed by atoms with E-state index in [1.165, 1.54) is 36.4 Å². The minimum atomic E-state index is -3.79. The first-order chi connectivity index (χ1) is 13.2. The van der Waals surface area contributed by atoms with E-state index in [4.69, 9.17) is 0 Å². The lowest BCUT2D eigenvalue weighted by Gasteiger charge is -2.11. The van der Waals surface area contributed by atoms with E-state index in [2.05, 4.69) is 25.4 Å². The van der Waals surface area contributed by atoms with Gasteiger partial charge in [-0.3, -0.25) is 9.44 Å². The molecule has 0 unspecified atom stereocenters. The maximum atomic E-state index is 12.5. The van der Waals surface area contributed by atoms with Gasteiger partial charge >= 0.3 is 0 Å². The molecule has 9 heteroatoms. The minimum absolute atomic E-state index is 0.0219. The number of hydrogen-bond acceptors (Lipinski definition) is 4. The van der Waals surface area contributed by atoms with Crippen molar-refractivity contribution in [1.82, 2.24) is 0 Å². The molecule has 28 heavy (non-hydrogen) atoms. The normalized spacial score (nSPS) is 11.8. The lowest BCUT2D eigenvalue weighted by Crippen LogP contribution is -2.14. The lowest BCUT2D eigenvalue weighted by molar-refractivity contribution is 0.600. The second-order valence-corrected chi connectivity index (χ2v) is 10.3. The minimum Gasteiger partial charge on any atom is -0.280 e. The summed E-state index contributed by atoms with van der Waals surface area (Å²) in [7, 11) is -7.54. The molecule has 0 heterocycles. The maximum Gasteiger partial charge on any atom is 0.261 e. The van der Waals surface area contributed by atoms with Gasteiger partial charge in [0.2, 0.25) is 0 Å². The number of halogens is 1. The number of nitrogens with one attached hydrogen (secondary N) is 2. The van der Waals surface area contributed by atoms with Gasteiger partial charge in [-0.15, -0.1) is 0 Å². The summed E-state index contributed by atoms with van der Waals surface area (Å²) in [4.78, 5) is 0.153. The Labute approximate surface area is 172 Å². The van der Waals surface area contributed by atoms with E-state index in [-0.39, 0.29) is 15.5 Å². The van der Waals surface area contributed by atoms with Gasteiger partial charge in [0.1, 0.15) is 0 Å². The molecule has 0 amide bonds. The zero-order valence-electron chi connectivity index (χ0n) is 14.8. The Balaban J connectivity index is 1.77. The van der Waals surface area contributed by atoms with E-state index in [1.807, 2.05) is 6.92 Å². The van der Waals surface area contributed by atoms with E-state index < -0.39 is 20.0 Å². The fourth-order valence-corrected chi connectivity index (χ4v) is 4.75. The van der Waals surface area contributed by atoms with Gasteiger partial charge in [0, 0.05) is 15.8 Å². The molecule has 0 aliphatic carbocycles. The van der Waals surface area contributed by atoms with Crippen LogP contribution in [0.3, 0.4) is 0 Å². The quantitative estimate of drug-likeness (QED) is 0.547. The fourth-order valence-electron chi connectivity index (χ4n) is 2.37. The molecule has 3 aromatic rings. The van der Waals surface area contributed by atoms with Crippen molar-refractivity contribution < 1.29 is 16.8 Å². The summed E-state index contributed by atoms with van der Waals surface area (Å²) in [5.74, 6) is 0. The van der Waals surface area contributed by atoms with Gasteiger partial charge in [0.05, 0.1) is 9.79 Å². The van der Waals surface area contributed by atoms with Crippen LogP contribution in [0.15, 0.2) is 87.1 Å². The van der Waals surface area contributed by atoms with Crippen molar-refractivity contribution in [3.63, 3.8) is 0 Å². The van der Waals surface area contributed by atoms with Gasteiger partial charge in [-0.1, -0.05) is 33.6 Å². The van der Waals surface area contributed by atoms with Crippen LogP contribution in [0, 0.1) is 6.92 Å². The van der Waals surface area contributed by atoms with Crippen LogP contribution in [0.1, 0.15) is 5.56 Å². The van der Waals surface area contributed by atoms with Crippen LogP contribution in [0.5, 0.6) is 0 Å². The SMILES string of the molecule is Cc1ccc(S(=O)(=O)Nc2ccc(S(=O)(=O)Nc3ccc(Br)cc3)cc2)cc1. The third-order valence-electron chi connectivity index (χ3n) is 3.84. The van der Waals surface area contributed by atoms with Gasteiger partial charge in [0.15, 0.2) is 0 Å². The molecule has 0 fully saturated rings. The molecule has 0 bridgehead atoms. The number of sulfonamides is 2. The number of anilines is 2. The predicted octanol–water partition coefficient (Wildman–Crippen LogP) is 4.36. The molecule has 0 aliphatic heterocycles. The highest BCUT2D eigenvalue weighted by Gasteiger charge is 2.17. The van der Waals surface area contributed by atoms with Crippen LogP contribution >= 0.6 is 15.9 Å². The van der Waals surface area contributed by atoms with E-state index >= 15 is 0 Å². The van der Waals surface area contributed by atoms with Crippen molar-refractivity contribution in [3.05, 3.63) is 82.8 Å². The average Bonchev–Trinajstić information content (AvgIpc) is 2.64. The first-order valence-corrected chi connectivity index (χ1v) is 11.9. The highest BCUT2D eigenvalue weighted by molar-refractivity contribution is 9.10. The summed E-state index contributed by atoms with van der Waals surface area (Å²) in [6, 6.07) is 18.6. The molecule has 0 saturated heterocycles. The fraction of sp³-hybridized carbons (Fsp3) is 0.0526. The topological polar surface area (TPSA) is 92.3 Å². The van der Waals surface area contributed by atoms with Gasteiger partial charge < -0.3 is 0 Å². The van der Waals surface area contributed by atoms with E-state index in [1.54, 1.807) is 36.4 Å². The molecule has 0 aromatic heterocycles. The predicted molar refractivity (Wildman–Crippen MR) is 113 cm³/mol. The molecule has 0 atom stereocenters. The van der Waals surface area contributed by atoms with Crippen LogP contribution in [0.25, 0.3) is 0 Å². The van der Waals surface area contributed by atoms with Crippen molar-refractivity contribution in [1.29, 1.82) is 0 Å². The molecule has 2 N–H and O–H groups in total. The Kier molecular flexibility index (Phi) is 5.78. The molecular weight excluding hydrogens is 464 g/mol. The molecule has 3 aromatic carbocycles. The lowest BCUT2D eigenvalue weighted by atomic mass is 10.2. The van der Waals surface area contributed by atoms with Crippen molar-refractivity contribution in [3.8, 4) is 0 Å². The molecule has 0 spiro atoms. The summed E-state index contributed by atoms with van der Waals surface area (Å²) in [6.07, 6.45) is 0. The molecule has 146 valence electrons. The van der Waals surface area contributed by atoms with Crippen LogP contribution < -0.4 is 9.44 Å². The second kappa shape index (κ2) is 7.94. The van der Waals surface area contributed by atoms with Crippen molar-refractivity contribution in [2.24, 2.45) is 0 Å². The van der Waals surface area contributed by atoms with Crippen molar-refractivity contribution in [2.45, 2.75) is 16.7 Å². The Bertz CT molecular complexity index is 1170. The summed E-state index contributed by atoms with van der Waals surface area (Å²) in [6.45, 7) is 1.87. The molecular formula is C19H17BrN2O4S2. The zero-order chi connectivity index (χ0) is 20.4. The summed E-state index contributed by atoms with van der Waals surface area (Å²) in [5.41, 5.74) is 1.64. The van der Waals surface area contributed by atoms with E-state index in [0.717, 1.165) is 10.0 Å². The molecule has 0 aliphatic rings. The molecule has 3 rings (SSSR count). The van der Waals surface area contributed by atoms with Crippen molar-refractivity contribution in [2.75, 3.05) is 9.44 Å². The first-order valence-electron chi connectivity index (χ1n) is 8.14. The Morgan fingerprint density at radius 3 is 1.39 bits per heavy atom. The second-order valence-electron chi connectivity index (χ2n) is 6.06. The maximum absolute atomic E-state index is 12.5. The molecule has 0 saturated carbocycles. The summed E-state index contributed by atoms with van der Waals surface area (Å²) < 4.78 is 55.5. The monoisotopic (exact) mass is 480 g/mol. The average molecular weight is 481 g/mol. The number of rotatable bonds is 6. The number of benzene rings is 3. The Morgan fingerprint density at radius 2 is 0.964 bits per heavy atom. The summed E-state index contributed by atoms with van der Waals surface area (Å²) >= 11 is 3.29. The molecule has 0 radical (unpaired) electrons. The Morgan fingerprint density at radius 1 is 0.607 bits per heavy atom. The van der Waals surface area contributed by atoms with E-state index in [0.29, 0.717) is 5.69 Å².